The molecule has 0 spiro atoms. The summed E-state index contributed by atoms with van der Waals surface area (Å²) in [6.45, 7) is 3.73. The first-order valence-electron chi connectivity index (χ1n) is 6.86. The summed E-state index contributed by atoms with van der Waals surface area (Å²) in [5.41, 5.74) is 1.68. The summed E-state index contributed by atoms with van der Waals surface area (Å²) >= 11 is 0. The van der Waals surface area contributed by atoms with Crippen LogP contribution in [0.25, 0.3) is 11.5 Å². The van der Waals surface area contributed by atoms with E-state index in [1.807, 2.05) is 26.0 Å². The Morgan fingerprint density at radius 2 is 2.18 bits per heavy atom. The zero-order valence-electron chi connectivity index (χ0n) is 12.5. The lowest BCUT2D eigenvalue weighted by Gasteiger charge is -2.21. The monoisotopic (exact) mass is 300 g/mol. The standard InChI is InChI=1S/C15H16N4O3/c1-9-4-5-14(22-9)12-8-13(17-16-12)15(20)19(3)10(2)11-6-7-21-18-11/h4-8,10H,1-3H3,(H,16,17)/t10-/m1/s1. The Hall–Kier alpha value is -2.83. The van der Waals surface area contributed by atoms with E-state index in [4.69, 9.17) is 8.94 Å². The molecule has 1 N–H and O–H groups in total. The van der Waals surface area contributed by atoms with Gasteiger partial charge in [-0.05, 0) is 26.0 Å². The minimum absolute atomic E-state index is 0.207. The smallest absolute Gasteiger partial charge is 0.274 e. The molecule has 22 heavy (non-hydrogen) atoms. The number of amides is 1. The highest BCUT2D eigenvalue weighted by atomic mass is 16.5. The number of carbonyl (C=O) groups is 1. The van der Waals surface area contributed by atoms with E-state index in [1.165, 1.54) is 6.26 Å². The number of furan rings is 1. The minimum Gasteiger partial charge on any atom is -0.460 e. The largest absolute Gasteiger partial charge is 0.460 e. The van der Waals surface area contributed by atoms with Crippen molar-refractivity contribution in [2.75, 3.05) is 7.05 Å². The lowest BCUT2D eigenvalue weighted by Crippen LogP contribution is -2.30. The van der Waals surface area contributed by atoms with Gasteiger partial charge in [-0.25, -0.2) is 0 Å². The molecule has 0 aromatic carbocycles. The van der Waals surface area contributed by atoms with Gasteiger partial charge in [0.15, 0.2) is 11.5 Å². The van der Waals surface area contributed by atoms with Crippen LogP contribution in [0.4, 0.5) is 0 Å². The van der Waals surface area contributed by atoms with E-state index in [2.05, 4.69) is 15.4 Å². The molecule has 0 unspecified atom stereocenters. The fourth-order valence-corrected chi connectivity index (χ4v) is 2.13. The molecule has 7 heteroatoms. The zero-order valence-corrected chi connectivity index (χ0v) is 12.5. The number of carbonyl (C=O) groups excluding carboxylic acids is 1. The van der Waals surface area contributed by atoms with Crippen molar-refractivity contribution in [3.05, 3.63) is 47.7 Å². The molecule has 1 amide bonds. The van der Waals surface area contributed by atoms with E-state index >= 15 is 0 Å². The maximum atomic E-state index is 12.5. The van der Waals surface area contributed by atoms with Crippen molar-refractivity contribution in [3.63, 3.8) is 0 Å². The maximum Gasteiger partial charge on any atom is 0.274 e. The van der Waals surface area contributed by atoms with E-state index in [0.717, 1.165) is 5.76 Å². The molecule has 3 heterocycles. The third kappa shape index (κ3) is 2.52. The van der Waals surface area contributed by atoms with Crippen LogP contribution in [0.5, 0.6) is 0 Å². The van der Waals surface area contributed by atoms with Crippen molar-refractivity contribution < 1.29 is 13.7 Å². The summed E-state index contributed by atoms with van der Waals surface area (Å²) in [4.78, 5) is 14.0. The lowest BCUT2D eigenvalue weighted by atomic mass is 10.2. The minimum atomic E-state index is -0.211. The van der Waals surface area contributed by atoms with E-state index in [-0.39, 0.29) is 11.9 Å². The van der Waals surface area contributed by atoms with Crippen LogP contribution in [0, 0.1) is 6.92 Å². The van der Waals surface area contributed by atoms with Crippen LogP contribution in [0.1, 0.15) is 34.9 Å². The number of rotatable bonds is 4. The summed E-state index contributed by atoms with van der Waals surface area (Å²) in [6.07, 6.45) is 1.48. The third-order valence-corrected chi connectivity index (χ3v) is 3.59. The zero-order chi connectivity index (χ0) is 15.7. The van der Waals surface area contributed by atoms with E-state index in [1.54, 1.807) is 24.1 Å². The van der Waals surface area contributed by atoms with E-state index in [9.17, 15) is 4.79 Å². The molecule has 0 saturated heterocycles. The van der Waals surface area contributed by atoms with Gasteiger partial charge >= 0.3 is 0 Å². The summed E-state index contributed by atoms with van der Waals surface area (Å²) in [6, 6.07) is 6.88. The predicted molar refractivity (Wildman–Crippen MR) is 78.0 cm³/mol. The van der Waals surface area contributed by atoms with Crippen molar-refractivity contribution in [3.8, 4) is 11.5 Å². The van der Waals surface area contributed by atoms with Crippen LogP contribution in [0.15, 0.2) is 39.5 Å². The van der Waals surface area contributed by atoms with Gasteiger partial charge in [0, 0.05) is 19.2 Å². The quantitative estimate of drug-likeness (QED) is 0.800. The first kappa shape index (κ1) is 14.1. The third-order valence-electron chi connectivity index (χ3n) is 3.59. The van der Waals surface area contributed by atoms with Crippen molar-refractivity contribution in [1.29, 1.82) is 0 Å². The Kier molecular flexibility index (Phi) is 3.54. The lowest BCUT2D eigenvalue weighted by molar-refractivity contribution is 0.0731. The number of hydrogen-bond donors (Lipinski definition) is 1. The highest BCUT2D eigenvalue weighted by molar-refractivity contribution is 5.93. The van der Waals surface area contributed by atoms with Crippen LogP contribution < -0.4 is 0 Å². The van der Waals surface area contributed by atoms with Crippen LogP contribution in [0.2, 0.25) is 0 Å². The van der Waals surface area contributed by atoms with Crippen LogP contribution in [-0.4, -0.2) is 33.2 Å². The molecule has 3 rings (SSSR count). The van der Waals surface area contributed by atoms with Gasteiger partial charge in [0.05, 0.1) is 6.04 Å². The number of H-pyrrole nitrogens is 1. The van der Waals surface area contributed by atoms with Crippen molar-refractivity contribution in [2.24, 2.45) is 0 Å². The van der Waals surface area contributed by atoms with Crippen LogP contribution >= 0.6 is 0 Å². The molecular formula is C15H16N4O3. The average molecular weight is 300 g/mol. The molecule has 7 nitrogen and oxygen atoms in total. The molecule has 0 aliphatic carbocycles. The highest BCUT2D eigenvalue weighted by Crippen LogP contribution is 2.23. The van der Waals surface area contributed by atoms with Crippen LogP contribution in [-0.2, 0) is 0 Å². The Morgan fingerprint density at radius 3 is 2.82 bits per heavy atom. The molecule has 0 saturated carbocycles. The van der Waals surface area contributed by atoms with E-state index in [0.29, 0.717) is 22.8 Å². The second-order valence-corrected chi connectivity index (χ2v) is 5.09. The molecule has 0 radical (unpaired) electrons. The molecule has 0 aliphatic rings. The molecule has 3 aromatic heterocycles. The molecule has 1 atom stereocenters. The summed E-state index contributed by atoms with van der Waals surface area (Å²) < 4.78 is 10.3. The van der Waals surface area contributed by atoms with Crippen molar-refractivity contribution >= 4 is 5.91 Å². The molecule has 114 valence electrons. The summed E-state index contributed by atoms with van der Waals surface area (Å²) in [5, 5.41) is 10.7. The highest BCUT2D eigenvalue weighted by Gasteiger charge is 2.23. The van der Waals surface area contributed by atoms with Crippen LogP contribution in [0.3, 0.4) is 0 Å². The van der Waals surface area contributed by atoms with Gasteiger partial charge in [0.1, 0.15) is 23.4 Å². The summed E-state index contributed by atoms with van der Waals surface area (Å²) in [5.74, 6) is 1.24. The first-order chi connectivity index (χ1) is 10.6. The Morgan fingerprint density at radius 1 is 1.36 bits per heavy atom. The molecule has 0 aliphatic heterocycles. The Bertz CT molecular complexity index is 772. The number of aryl methyl sites for hydroxylation is 1. The Balaban J connectivity index is 1.79. The fourth-order valence-electron chi connectivity index (χ4n) is 2.13. The van der Waals surface area contributed by atoms with Crippen molar-refractivity contribution in [1.82, 2.24) is 20.3 Å². The summed E-state index contributed by atoms with van der Waals surface area (Å²) in [7, 11) is 1.70. The molecular weight excluding hydrogens is 284 g/mol. The van der Waals surface area contributed by atoms with Gasteiger partial charge in [0.2, 0.25) is 0 Å². The topological polar surface area (TPSA) is 88.2 Å². The van der Waals surface area contributed by atoms with Gasteiger partial charge in [-0.1, -0.05) is 5.16 Å². The SMILES string of the molecule is Cc1ccc(-c2cc(C(=O)N(C)[C@H](C)c3ccon3)n[nH]2)o1. The molecule has 3 aromatic rings. The maximum absolute atomic E-state index is 12.5. The van der Waals surface area contributed by atoms with E-state index < -0.39 is 0 Å². The molecule has 0 bridgehead atoms. The number of aromatic nitrogens is 3. The second-order valence-electron chi connectivity index (χ2n) is 5.09. The number of nitrogens with one attached hydrogen (secondary N) is 1. The van der Waals surface area contributed by atoms with Crippen molar-refractivity contribution in [2.45, 2.75) is 19.9 Å². The Labute approximate surface area is 126 Å². The van der Waals surface area contributed by atoms with Gasteiger partial charge < -0.3 is 13.8 Å². The van der Waals surface area contributed by atoms with Gasteiger partial charge in [-0.3, -0.25) is 9.89 Å². The number of nitrogens with zero attached hydrogens (tertiary/aromatic N) is 3. The van der Waals surface area contributed by atoms with Gasteiger partial charge in [-0.15, -0.1) is 0 Å². The first-order valence-corrected chi connectivity index (χ1v) is 6.86. The average Bonchev–Trinajstić information content (AvgIpc) is 3.24. The normalized spacial score (nSPS) is 12.3. The predicted octanol–water partition coefficient (Wildman–Crippen LogP) is 2.80. The molecule has 0 fully saturated rings. The number of hydrogen-bond acceptors (Lipinski definition) is 5. The fraction of sp³-hybridized carbons (Fsp3) is 0.267. The second kappa shape index (κ2) is 5.51. The number of aromatic amines is 1. The van der Waals surface area contributed by atoms with Gasteiger partial charge in [-0.2, -0.15) is 5.10 Å². The van der Waals surface area contributed by atoms with Gasteiger partial charge in [0.25, 0.3) is 5.91 Å².